The summed E-state index contributed by atoms with van der Waals surface area (Å²) in [7, 11) is 0. The second-order valence-corrected chi connectivity index (χ2v) is 7.58. The zero-order valence-electron chi connectivity index (χ0n) is 12.3. The average molecular weight is 262 g/mol. The maximum Gasteiger partial charge on any atom is 0.0139 e. The van der Waals surface area contributed by atoms with Gasteiger partial charge in [0.2, 0.25) is 0 Å². The van der Waals surface area contributed by atoms with Crippen molar-refractivity contribution >= 4 is 0 Å². The molecule has 0 aromatic heterocycles. The van der Waals surface area contributed by atoms with E-state index >= 15 is 0 Å². The third kappa shape index (κ3) is 2.58. The normalized spacial score (nSPS) is 43.6. The third-order valence-corrected chi connectivity index (χ3v) is 6.34. The van der Waals surface area contributed by atoms with Gasteiger partial charge in [0.15, 0.2) is 0 Å². The smallest absolute Gasteiger partial charge is 0.0139 e. The Morgan fingerprint density at radius 1 is 0.789 bits per heavy atom. The molecule has 0 radical (unpaired) electrons. The Kier molecular flexibility index (Phi) is 3.57. The minimum absolute atomic E-state index is 0.894. The molecule has 3 saturated carbocycles. The van der Waals surface area contributed by atoms with Crippen LogP contribution < -0.4 is 5.32 Å². The summed E-state index contributed by atoms with van der Waals surface area (Å²) in [5.74, 6) is 2.03. The van der Waals surface area contributed by atoms with E-state index in [1.54, 1.807) is 0 Å². The van der Waals surface area contributed by atoms with Gasteiger partial charge < -0.3 is 5.32 Å². The van der Waals surface area contributed by atoms with Crippen LogP contribution in [0.5, 0.6) is 0 Å². The number of hydrogen-bond acceptors (Lipinski definition) is 2. The largest absolute Gasteiger partial charge is 0.314 e. The number of fused-ring (bicyclic) bond motifs is 1. The summed E-state index contributed by atoms with van der Waals surface area (Å²) in [4.78, 5) is 2.97. The molecule has 0 bridgehead atoms. The lowest BCUT2D eigenvalue weighted by Crippen LogP contribution is -2.58. The molecule has 0 aromatic rings. The van der Waals surface area contributed by atoms with Gasteiger partial charge in [0.1, 0.15) is 0 Å². The highest BCUT2D eigenvalue weighted by atomic mass is 15.2. The number of hydrogen-bond donors (Lipinski definition) is 1. The van der Waals surface area contributed by atoms with Gasteiger partial charge in [-0.2, -0.15) is 0 Å². The van der Waals surface area contributed by atoms with Gasteiger partial charge in [-0.3, -0.25) is 4.90 Å². The Hall–Kier alpha value is -0.0800. The van der Waals surface area contributed by atoms with Crippen molar-refractivity contribution in [1.29, 1.82) is 0 Å². The number of piperidine rings is 1. The molecule has 4 rings (SSSR count). The molecule has 4 fully saturated rings. The van der Waals surface area contributed by atoms with Crippen molar-refractivity contribution in [3.05, 3.63) is 0 Å². The van der Waals surface area contributed by atoms with E-state index in [4.69, 9.17) is 0 Å². The molecule has 4 atom stereocenters. The third-order valence-electron chi connectivity index (χ3n) is 6.34. The molecule has 19 heavy (non-hydrogen) atoms. The van der Waals surface area contributed by atoms with Crippen molar-refractivity contribution < 1.29 is 0 Å². The van der Waals surface area contributed by atoms with Crippen molar-refractivity contribution in [2.75, 3.05) is 13.1 Å². The molecule has 108 valence electrons. The molecule has 1 heterocycles. The van der Waals surface area contributed by atoms with Crippen LogP contribution in [-0.2, 0) is 0 Å². The van der Waals surface area contributed by atoms with Crippen LogP contribution in [-0.4, -0.2) is 36.1 Å². The second-order valence-electron chi connectivity index (χ2n) is 7.58. The predicted molar refractivity (Wildman–Crippen MR) is 79.2 cm³/mol. The van der Waals surface area contributed by atoms with Gasteiger partial charge in [-0.1, -0.05) is 12.8 Å². The van der Waals surface area contributed by atoms with Crippen LogP contribution in [0.15, 0.2) is 0 Å². The van der Waals surface area contributed by atoms with E-state index in [2.05, 4.69) is 10.2 Å². The highest BCUT2D eigenvalue weighted by Crippen LogP contribution is 2.42. The van der Waals surface area contributed by atoms with Gasteiger partial charge in [-0.05, 0) is 76.3 Å². The van der Waals surface area contributed by atoms with Crippen molar-refractivity contribution in [3.63, 3.8) is 0 Å². The predicted octanol–water partition coefficient (Wildman–Crippen LogP) is 3.17. The van der Waals surface area contributed by atoms with Crippen LogP contribution in [0.4, 0.5) is 0 Å². The first-order valence-corrected chi connectivity index (χ1v) is 8.91. The monoisotopic (exact) mass is 262 g/mol. The summed E-state index contributed by atoms with van der Waals surface area (Å²) in [5, 5.41) is 3.77. The Morgan fingerprint density at radius 3 is 2.42 bits per heavy atom. The SMILES string of the molecule is C1CC[C@@H]2[C@H](C1)CCCN2C1CCC1CNC1CC1. The molecule has 3 aliphatic carbocycles. The van der Waals surface area contributed by atoms with Crippen LogP contribution in [0, 0.1) is 11.8 Å². The molecule has 0 aromatic carbocycles. The number of nitrogens with zero attached hydrogens (tertiary/aromatic N) is 1. The minimum atomic E-state index is 0.894. The summed E-state index contributed by atoms with van der Waals surface area (Å²) in [6.07, 6.45) is 14.9. The number of nitrogens with one attached hydrogen (secondary N) is 1. The van der Waals surface area contributed by atoms with E-state index in [9.17, 15) is 0 Å². The molecule has 1 aliphatic heterocycles. The molecular weight excluding hydrogens is 232 g/mol. The van der Waals surface area contributed by atoms with Crippen molar-refractivity contribution in [3.8, 4) is 0 Å². The van der Waals surface area contributed by atoms with Crippen molar-refractivity contribution in [2.45, 2.75) is 82.3 Å². The number of likely N-dealkylation sites (tertiary alicyclic amines) is 1. The highest BCUT2D eigenvalue weighted by molar-refractivity contribution is 4.98. The van der Waals surface area contributed by atoms with E-state index in [0.717, 1.165) is 30.0 Å². The Bertz CT molecular complexity index is 310. The van der Waals surface area contributed by atoms with Gasteiger partial charge in [0.05, 0.1) is 0 Å². The maximum atomic E-state index is 3.77. The van der Waals surface area contributed by atoms with Gasteiger partial charge >= 0.3 is 0 Å². The molecule has 0 amide bonds. The fourth-order valence-electron chi connectivity index (χ4n) is 4.91. The Labute approximate surface area is 118 Å². The topological polar surface area (TPSA) is 15.3 Å². The molecule has 2 heteroatoms. The van der Waals surface area contributed by atoms with Gasteiger partial charge in [-0.15, -0.1) is 0 Å². The van der Waals surface area contributed by atoms with Gasteiger partial charge in [0, 0.05) is 18.1 Å². The molecule has 1 N–H and O–H groups in total. The zero-order valence-corrected chi connectivity index (χ0v) is 12.3. The van der Waals surface area contributed by atoms with Crippen LogP contribution in [0.25, 0.3) is 0 Å². The van der Waals surface area contributed by atoms with Crippen LogP contribution in [0.2, 0.25) is 0 Å². The lowest BCUT2D eigenvalue weighted by atomic mass is 9.72. The lowest BCUT2D eigenvalue weighted by Gasteiger charge is -2.53. The fraction of sp³-hybridized carbons (Fsp3) is 1.00. The standard InChI is InChI=1S/C17H30N2/c1-2-6-16-13(4-1)5-3-11-19(16)17-10-7-14(17)12-18-15-8-9-15/h13-18H,1-12H2/t13-,14?,16-,17?/m1/s1. The summed E-state index contributed by atoms with van der Waals surface area (Å²) >= 11 is 0. The van der Waals surface area contributed by atoms with Crippen molar-refractivity contribution in [2.24, 2.45) is 11.8 Å². The van der Waals surface area contributed by atoms with E-state index in [0.29, 0.717) is 0 Å². The Balaban J connectivity index is 1.36. The van der Waals surface area contributed by atoms with Crippen LogP contribution in [0.1, 0.15) is 64.2 Å². The maximum absolute atomic E-state index is 3.77. The van der Waals surface area contributed by atoms with E-state index < -0.39 is 0 Å². The van der Waals surface area contributed by atoms with E-state index in [1.807, 2.05) is 0 Å². The number of rotatable bonds is 4. The summed E-state index contributed by atoms with van der Waals surface area (Å²) in [6.45, 7) is 2.72. The molecule has 0 spiro atoms. The molecule has 2 nitrogen and oxygen atoms in total. The highest BCUT2D eigenvalue weighted by Gasteiger charge is 2.43. The summed E-state index contributed by atoms with van der Waals surface area (Å²) in [6, 6.07) is 2.80. The van der Waals surface area contributed by atoms with E-state index in [1.165, 1.54) is 77.3 Å². The minimum Gasteiger partial charge on any atom is -0.314 e. The quantitative estimate of drug-likeness (QED) is 0.837. The molecular formula is C17H30N2. The first-order valence-electron chi connectivity index (χ1n) is 8.91. The average Bonchev–Trinajstić information content (AvgIpc) is 3.22. The van der Waals surface area contributed by atoms with Crippen LogP contribution >= 0.6 is 0 Å². The fourth-order valence-corrected chi connectivity index (χ4v) is 4.91. The lowest BCUT2D eigenvalue weighted by molar-refractivity contribution is -0.0318. The summed E-state index contributed by atoms with van der Waals surface area (Å²) < 4.78 is 0. The van der Waals surface area contributed by atoms with Gasteiger partial charge in [0.25, 0.3) is 0 Å². The molecule has 2 unspecified atom stereocenters. The van der Waals surface area contributed by atoms with Crippen molar-refractivity contribution in [1.82, 2.24) is 10.2 Å². The summed E-state index contributed by atoms with van der Waals surface area (Å²) in [5.41, 5.74) is 0. The zero-order chi connectivity index (χ0) is 12.7. The van der Waals surface area contributed by atoms with Gasteiger partial charge in [-0.25, -0.2) is 0 Å². The second kappa shape index (κ2) is 5.37. The van der Waals surface area contributed by atoms with E-state index in [-0.39, 0.29) is 0 Å². The molecule has 4 aliphatic rings. The first kappa shape index (κ1) is 12.6. The molecule has 1 saturated heterocycles. The Morgan fingerprint density at radius 2 is 1.63 bits per heavy atom. The first-order chi connectivity index (χ1) is 9.42. The van der Waals surface area contributed by atoms with Crippen LogP contribution in [0.3, 0.4) is 0 Å².